The highest BCUT2D eigenvalue weighted by Crippen LogP contribution is 2.29. The quantitative estimate of drug-likeness (QED) is 0.350. The molecule has 150 valence electrons. The van der Waals surface area contributed by atoms with Gasteiger partial charge in [0.25, 0.3) is 5.91 Å². The summed E-state index contributed by atoms with van der Waals surface area (Å²) < 4.78 is 0. The third kappa shape index (κ3) is 4.11. The second kappa shape index (κ2) is 8.54. The van der Waals surface area contributed by atoms with Crippen molar-refractivity contribution < 1.29 is 4.79 Å². The van der Waals surface area contributed by atoms with Crippen LogP contribution in [-0.4, -0.2) is 10.9 Å². The Kier molecular flexibility index (Phi) is 5.29. The number of benzene rings is 4. The average Bonchev–Trinajstić information content (AvgIpc) is 3.33. The fourth-order valence-electron chi connectivity index (χ4n) is 3.66. The lowest BCUT2D eigenvalue weighted by atomic mass is 10.0. The van der Waals surface area contributed by atoms with Gasteiger partial charge < -0.3 is 5.32 Å². The molecule has 0 radical (unpaired) electrons. The Balaban J connectivity index is 1.33. The van der Waals surface area contributed by atoms with Crippen LogP contribution in [0.25, 0.3) is 32.6 Å². The molecule has 3 nitrogen and oxygen atoms in total. The maximum atomic E-state index is 12.8. The molecule has 31 heavy (non-hydrogen) atoms. The topological polar surface area (TPSA) is 42.0 Å². The molecule has 0 atom stereocenters. The summed E-state index contributed by atoms with van der Waals surface area (Å²) >= 11 is 1.63. The van der Waals surface area contributed by atoms with Gasteiger partial charge >= 0.3 is 0 Å². The number of aromatic nitrogens is 1. The molecule has 1 amide bonds. The van der Waals surface area contributed by atoms with Gasteiger partial charge in [-0.25, -0.2) is 4.98 Å². The van der Waals surface area contributed by atoms with E-state index in [0.29, 0.717) is 12.1 Å². The van der Waals surface area contributed by atoms with Crippen LogP contribution in [0.4, 0.5) is 0 Å². The average molecular weight is 421 g/mol. The monoisotopic (exact) mass is 420 g/mol. The Morgan fingerprint density at radius 3 is 2.45 bits per heavy atom. The van der Waals surface area contributed by atoms with E-state index in [1.54, 1.807) is 11.3 Å². The molecule has 0 saturated carbocycles. The minimum atomic E-state index is -0.0668. The molecule has 5 aromatic rings. The number of amides is 1. The van der Waals surface area contributed by atoms with E-state index in [2.05, 4.69) is 35.0 Å². The maximum absolute atomic E-state index is 12.8. The van der Waals surface area contributed by atoms with Crippen molar-refractivity contribution in [2.75, 3.05) is 0 Å². The zero-order valence-electron chi connectivity index (χ0n) is 16.8. The number of hydrogen-bond acceptors (Lipinski definition) is 3. The van der Waals surface area contributed by atoms with Crippen LogP contribution >= 0.6 is 11.3 Å². The smallest absolute Gasteiger partial charge is 0.252 e. The van der Waals surface area contributed by atoms with Crippen LogP contribution in [0.15, 0.2) is 102 Å². The first kappa shape index (κ1) is 19.2. The summed E-state index contributed by atoms with van der Waals surface area (Å²) in [6.45, 7) is 0.465. The summed E-state index contributed by atoms with van der Waals surface area (Å²) in [5, 5.41) is 8.15. The van der Waals surface area contributed by atoms with Crippen LogP contribution in [0, 0.1) is 0 Å². The molecule has 1 heterocycles. The Morgan fingerprint density at radius 2 is 1.55 bits per heavy atom. The molecule has 0 bridgehead atoms. The van der Waals surface area contributed by atoms with Gasteiger partial charge in [0.05, 0.1) is 5.69 Å². The predicted octanol–water partition coefficient (Wildman–Crippen LogP) is 6.56. The highest BCUT2D eigenvalue weighted by molar-refractivity contribution is 7.13. The molecule has 0 unspecified atom stereocenters. The van der Waals surface area contributed by atoms with Gasteiger partial charge in [-0.05, 0) is 28.5 Å². The number of thiazole rings is 1. The maximum Gasteiger partial charge on any atom is 0.252 e. The highest BCUT2D eigenvalue weighted by atomic mass is 32.1. The number of carbonyl (C=O) groups is 1. The fraction of sp³-hybridized carbons (Fsp3) is 0.0370. The van der Waals surface area contributed by atoms with Crippen molar-refractivity contribution in [3.63, 3.8) is 0 Å². The minimum Gasteiger partial charge on any atom is -0.348 e. The van der Waals surface area contributed by atoms with E-state index in [1.165, 1.54) is 0 Å². The lowest BCUT2D eigenvalue weighted by Gasteiger charge is -2.09. The first-order valence-electron chi connectivity index (χ1n) is 10.1. The minimum absolute atomic E-state index is 0.0668. The van der Waals surface area contributed by atoms with Crippen molar-refractivity contribution in [3.05, 3.63) is 114 Å². The molecular weight excluding hydrogens is 400 g/mol. The van der Waals surface area contributed by atoms with Gasteiger partial charge in [-0.2, -0.15) is 0 Å². The second-order valence-electron chi connectivity index (χ2n) is 7.31. The van der Waals surface area contributed by atoms with Crippen molar-refractivity contribution >= 4 is 28.0 Å². The summed E-state index contributed by atoms with van der Waals surface area (Å²) in [6.07, 6.45) is 0. The number of hydrogen-bond donors (Lipinski definition) is 1. The molecule has 4 heteroatoms. The van der Waals surface area contributed by atoms with Gasteiger partial charge in [-0.15, -0.1) is 11.3 Å². The van der Waals surface area contributed by atoms with E-state index in [4.69, 9.17) is 4.98 Å². The number of carbonyl (C=O) groups excluding carboxylic acids is 1. The number of rotatable bonds is 5. The molecule has 5 rings (SSSR count). The molecule has 0 saturated heterocycles. The van der Waals surface area contributed by atoms with Crippen molar-refractivity contribution in [1.82, 2.24) is 10.3 Å². The van der Waals surface area contributed by atoms with E-state index in [-0.39, 0.29) is 5.91 Å². The first-order chi connectivity index (χ1) is 15.3. The van der Waals surface area contributed by atoms with Crippen LogP contribution in [0.2, 0.25) is 0 Å². The Bertz CT molecular complexity index is 1350. The Labute approximate surface area is 185 Å². The standard InChI is InChI=1S/C27H20N2OS/c30-26(24-15-7-12-20-9-4-5-14-23(20)24)28-17-19-8-6-13-22(16-19)27-29-25(18-31-27)21-10-2-1-3-11-21/h1-16,18H,17H2,(H,28,30). The van der Waals surface area contributed by atoms with E-state index in [1.807, 2.05) is 72.8 Å². The summed E-state index contributed by atoms with van der Waals surface area (Å²) in [7, 11) is 0. The normalized spacial score (nSPS) is 10.8. The van der Waals surface area contributed by atoms with Crippen molar-refractivity contribution in [2.24, 2.45) is 0 Å². The predicted molar refractivity (Wildman–Crippen MR) is 128 cm³/mol. The molecule has 1 aromatic heterocycles. The van der Waals surface area contributed by atoms with Gasteiger partial charge in [-0.3, -0.25) is 4.79 Å². The highest BCUT2D eigenvalue weighted by Gasteiger charge is 2.11. The van der Waals surface area contributed by atoms with Gasteiger partial charge in [0.1, 0.15) is 5.01 Å². The number of fused-ring (bicyclic) bond motifs is 1. The van der Waals surface area contributed by atoms with Gasteiger partial charge in [-0.1, -0.05) is 84.9 Å². The first-order valence-corrected chi connectivity index (χ1v) is 11.0. The zero-order valence-corrected chi connectivity index (χ0v) is 17.6. The van der Waals surface area contributed by atoms with Crippen LogP contribution in [0.1, 0.15) is 15.9 Å². The molecule has 4 aromatic carbocycles. The summed E-state index contributed by atoms with van der Waals surface area (Å²) in [5.41, 5.74) is 4.90. The largest absolute Gasteiger partial charge is 0.348 e. The summed E-state index contributed by atoms with van der Waals surface area (Å²) in [4.78, 5) is 17.6. The van der Waals surface area contributed by atoms with Crippen LogP contribution in [0.3, 0.4) is 0 Å². The zero-order chi connectivity index (χ0) is 21.0. The van der Waals surface area contributed by atoms with E-state index in [0.717, 1.165) is 38.2 Å². The lowest BCUT2D eigenvalue weighted by Crippen LogP contribution is -2.23. The van der Waals surface area contributed by atoms with E-state index < -0.39 is 0 Å². The summed E-state index contributed by atoms with van der Waals surface area (Å²) in [5.74, 6) is -0.0668. The molecule has 0 aliphatic rings. The van der Waals surface area contributed by atoms with E-state index >= 15 is 0 Å². The summed E-state index contributed by atoms with van der Waals surface area (Å²) in [6, 6.07) is 32.1. The second-order valence-corrected chi connectivity index (χ2v) is 8.17. The van der Waals surface area contributed by atoms with Crippen molar-refractivity contribution in [2.45, 2.75) is 6.54 Å². The number of nitrogens with zero attached hydrogens (tertiary/aromatic N) is 1. The third-order valence-electron chi connectivity index (χ3n) is 5.24. The fourth-order valence-corrected chi connectivity index (χ4v) is 4.49. The molecule has 0 aliphatic heterocycles. The van der Waals surface area contributed by atoms with Crippen LogP contribution < -0.4 is 5.32 Å². The molecule has 0 spiro atoms. The third-order valence-corrected chi connectivity index (χ3v) is 6.13. The van der Waals surface area contributed by atoms with Crippen molar-refractivity contribution in [3.8, 4) is 21.8 Å². The Hall–Kier alpha value is -3.76. The van der Waals surface area contributed by atoms with E-state index in [9.17, 15) is 4.79 Å². The van der Waals surface area contributed by atoms with Gasteiger partial charge in [0.15, 0.2) is 0 Å². The molecule has 1 N–H and O–H groups in total. The molecular formula is C27H20N2OS. The van der Waals surface area contributed by atoms with Crippen LogP contribution in [0.5, 0.6) is 0 Å². The number of nitrogens with one attached hydrogen (secondary N) is 1. The van der Waals surface area contributed by atoms with Crippen LogP contribution in [-0.2, 0) is 6.54 Å². The van der Waals surface area contributed by atoms with Crippen molar-refractivity contribution in [1.29, 1.82) is 0 Å². The molecule has 0 aliphatic carbocycles. The Morgan fingerprint density at radius 1 is 0.806 bits per heavy atom. The lowest BCUT2D eigenvalue weighted by molar-refractivity contribution is 0.0952. The molecule has 0 fully saturated rings. The van der Waals surface area contributed by atoms with Gasteiger partial charge in [0.2, 0.25) is 0 Å². The van der Waals surface area contributed by atoms with Gasteiger partial charge in [0, 0.05) is 28.6 Å². The SMILES string of the molecule is O=C(NCc1cccc(-c2nc(-c3ccccc3)cs2)c1)c1cccc2ccccc12.